The van der Waals surface area contributed by atoms with Crippen molar-refractivity contribution in [2.45, 2.75) is 31.3 Å². The van der Waals surface area contributed by atoms with Gasteiger partial charge in [-0.25, -0.2) is 0 Å². The zero-order valence-electron chi connectivity index (χ0n) is 12.7. The Balaban J connectivity index is 1.48. The van der Waals surface area contributed by atoms with Crippen LogP contribution in [0.3, 0.4) is 0 Å². The Morgan fingerprint density at radius 2 is 1.96 bits per heavy atom. The Kier molecular flexibility index (Phi) is 3.21. The average Bonchev–Trinajstić information content (AvgIpc) is 3.19. The topological polar surface area (TPSA) is 32.3 Å². The van der Waals surface area contributed by atoms with Gasteiger partial charge in [-0.1, -0.05) is 18.2 Å². The van der Waals surface area contributed by atoms with E-state index in [4.69, 9.17) is 0 Å². The lowest BCUT2D eigenvalue weighted by atomic mass is 10.1. The molecule has 4 heterocycles. The standard InChI is InChI=1S/C18H18N2OS2/c21-18(20-8-7-11-5-6-12(10-20)19-11)16-9-15-17(23-16)13-3-1-2-4-14(13)22-15/h1-4,9,11-12,19H,5-8,10H2. The molecule has 0 radical (unpaired) electrons. The lowest BCUT2D eigenvalue weighted by Gasteiger charge is -2.23. The molecule has 1 aromatic carbocycles. The molecule has 2 bridgehead atoms. The number of hydrogen-bond donors (Lipinski definition) is 1. The molecule has 0 saturated carbocycles. The van der Waals surface area contributed by atoms with Crippen LogP contribution in [0.1, 0.15) is 28.9 Å². The number of nitrogens with zero attached hydrogens (tertiary/aromatic N) is 1. The van der Waals surface area contributed by atoms with Crippen LogP contribution in [0.5, 0.6) is 0 Å². The fourth-order valence-electron chi connectivity index (χ4n) is 3.89. The van der Waals surface area contributed by atoms with Gasteiger partial charge in [0.05, 0.1) is 9.58 Å². The first-order valence-electron chi connectivity index (χ1n) is 8.24. The number of carbonyl (C=O) groups is 1. The minimum Gasteiger partial charge on any atom is -0.336 e. The van der Waals surface area contributed by atoms with E-state index in [1.807, 2.05) is 0 Å². The normalized spacial score (nSPS) is 24.4. The molecule has 0 spiro atoms. The van der Waals surface area contributed by atoms with Crippen molar-refractivity contribution in [2.75, 3.05) is 13.1 Å². The molecule has 5 heteroatoms. The summed E-state index contributed by atoms with van der Waals surface area (Å²) in [4.78, 5) is 15.9. The van der Waals surface area contributed by atoms with Crippen LogP contribution >= 0.6 is 22.7 Å². The van der Waals surface area contributed by atoms with Crippen LogP contribution in [0.2, 0.25) is 0 Å². The van der Waals surface area contributed by atoms with Crippen molar-refractivity contribution in [1.82, 2.24) is 10.2 Å². The van der Waals surface area contributed by atoms with Crippen molar-refractivity contribution in [3.63, 3.8) is 0 Å². The molecule has 1 N–H and O–H groups in total. The first-order chi connectivity index (χ1) is 11.3. The van der Waals surface area contributed by atoms with E-state index >= 15 is 0 Å². The zero-order chi connectivity index (χ0) is 15.4. The summed E-state index contributed by atoms with van der Waals surface area (Å²) in [6.07, 6.45) is 3.57. The number of amides is 1. The minimum absolute atomic E-state index is 0.219. The van der Waals surface area contributed by atoms with Gasteiger partial charge in [-0.2, -0.15) is 0 Å². The summed E-state index contributed by atoms with van der Waals surface area (Å²) in [6.45, 7) is 1.75. The fourth-order valence-corrected chi connectivity index (χ4v) is 6.38. The quantitative estimate of drug-likeness (QED) is 0.723. The summed E-state index contributed by atoms with van der Waals surface area (Å²) < 4.78 is 3.82. The average molecular weight is 342 g/mol. The summed E-state index contributed by atoms with van der Waals surface area (Å²) in [5.41, 5.74) is 0. The Bertz CT molecular complexity index is 897. The van der Waals surface area contributed by atoms with Crippen molar-refractivity contribution in [2.24, 2.45) is 0 Å². The number of fused-ring (bicyclic) bond motifs is 5. The molecule has 118 valence electrons. The van der Waals surface area contributed by atoms with Gasteiger partial charge in [-0.05, 0) is 31.4 Å². The molecule has 2 atom stereocenters. The van der Waals surface area contributed by atoms with Gasteiger partial charge in [-0.15, -0.1) is 22.7 Å². The van der Waals surface area contributed by atoms with Gasteiger partial charge in [0.1, 0.15) is 0 Å². The fraction of sp³-hybridized carbons (Fsp3) is 0.389. The van der Waals surface area contributed by atoms with E-state index in [0.29, 0.717) is 12.1 Å². The van der Waals surface area contributed by atoms with Crippen molar-refractivity contribution in [1.29, 1.82) is 0 Å². The van der Waals surface area contributed by atoms with Gasteiger partial charge in [0.2, 0.25) is 0 Å². The molecule has 5 rings (SSSR count). The van der Waals surface area contributed by atoms with E-state index in [-0.39, 0.29) is 5.91 Å². The highest BCUT2D eigenvalue weighted by Crippen LogP contribution is 2.39. The van der Waals surface area contributed by atoms with Gasteiger partial charge in [0.25, 0.3) is 5.91 Å². The van der Waals surface area contributed by atoms with Crippen LogP contribution < -0.4 is 5.32 Å². The smallest absolute Gasteiger partial charge is 0.264 e. The number of carbonyl (C=O) groups excluding carboxylic acids is 1. The molecule has 23 heavy (non-hydrogen) atoms. The Morgan fingerprint density at radius 3 is 2.91 bits per heavy atom. The lowest BCUT2D eigenvalue weighted by Crippen LogP contribution is -2.38. The van der Waals surface area contributed by atoms with E-state index in [0.717, 1.165) is 24.4 Å². The maximum Gasteiger partial charge on any atom is 0.264 e. The number of thiophene rings is 2. The van der Waals surface area contributed by atoms with Crippen LogP contribution in [-0.4, -0.2) is 36.0 Å². The first kappa shape index (κ1) is 14.0. The third-order valence-electron chi connectivity index (χ3n) is 5.07. The van der Waals surface area contributed by atoms with Gasteiger partial charge in [-0.3, -0.25) is 4.79 Å². The van der Waals surface area contributed by atoms with Crippen LogP contribution in [0.15, 0.2) is 30.3 Å². The van der Waals surface area contributed by atoms with Crippen molar-refractivity contribution in [3.8, 4) is 0 Å². The van der Waals surface area contributed by atoms with E-state index in [9.17, 15) is 4.79 Å². The molecular weight excluding hydrogens is 324 g/mol. The van der Waals surface area contributed by atoms with Gasteiger partial charge in [0, 0.05) is 40.0 Å². The van der Waals surface area contributed by atoms with Crippen molar-refractivity contribution in [3.05, 3.63) is 35.2 Å². The summed E-state index contributed by atoms with van der Waals surface area (Å²) >= 11 is 3.45. The van der Waals surface area contributed by atoms with Crippen LogP contribution in [0, 0.1) is 0 Å². The van der Waals surface area contributed by atoms with Crippen LogP contribution in [0.25, 0.3) is 19.5 Å². The van der Waals surface area contributed by atoms with Crippen molar-refractivity contribution < 1.29 is 4.79 Å². The second-order valence-corrected chi connectivity index (χ2v) is 8.72. The Morgan fingerprint density at radius 1 is 1.09 bits per heavy atom. The molecule has 2 aromatic heterocycles. The SMILES string of the molecule is O=C(c1cc2sc3ccccc3c2s1)N1CCC2CCC(C1)N2. The number of likely N-dealkylation sites (tertiary alicyclic amines) is 1. The molecule has 2 aliphatic rings. The van der Waals surface area contributed by atoms with Crippen LogP contribution in [-0.2, 0) is 0 Å². The highest BCUT2D eigenvalue weighted by atomic mass is 32.1. The number of rotatable bonds is 1. The molecule has 2 saturated heterocycles. The molecular formula is C18H18N2OS2. The highest BCUT2D eigenvalue weighted by molar-refractivity contribution is 7.33. The van der Waals surface area contributed by atoms with E-state index in [1.165, 1.54) is 32.3 Å². The summed E-state index contributed by atoms with van der Waals surface area (Å²) in [5.74, 6) is 0.219. The maximum absolute atomic E-state index is 12.9. The number of hydrogen-bond acceptors (Lipinski definition) is 4. The second-order valence-electron chi connectivity index (χ2n) is 6.58. The molecule has 3 aromatic rings. The van der Waals surface area contributed by atoms with E-state index in [2.05, 4.69) is 40.5 Å². The molecule has 2 unspecified atom stereocenters. The third kappa shape index (κ3) is 2.30. The largest absolute Gasteiger partial charge is 0.336 e. The zero-order valence-corrected chi connectivity index (χ0v) is 14.4. The second kappa shape index (κ2) is 5.30. The maximum atomic E-state index is 12.9. The Hall–Kier alpha value is -1.43. The predicted octanol–water partition coefficient (Wildman–Crippen LogP) is 4.08. The van der Waals surface area contributed by atoms with Gasteiger partial charge < -0.3 is 10.2 Å². The third-order valence-corrected chi connectivity index (χ3v) is 7.47. The van der Waals surface area contributed by atoms with Gasteiger partial charge >= 0.3 is 0 Å². The van der Waals surface area contributed by atoms with Crippen molar-refractivity contribution >= 4 is 48.1 Å². The first-order valence-corrected chi connectivity index (χ1v) is 9.87. The minimum atomic E-state index is 0.219. The number of nitrogens with one attached hydrogen (secondary N) is 1. The van der Waals surface area contributed by atoms with Gasteiger partial charge in [0.15, 0.2) is 0 Å². The highest BCUT2D eigenvalue weighted by Gasteiger charge is 2.32. The molecule has 2 fully saturated rings. The summed E-state index contributed by atoms with van der Waals surface area (Å²) in [7, 11) is 0. The monoisotopic (exact) mass is 342 g/mol. The predicted molar refractivity (Wildman–Crippen MR) is 97.7 cm³/mol. The van der Waals surface area contributed by atoms with E-state index in [1.54, 1.807) is 22.7 Å². The molecule has 3 nitrogen and oxygen atoms in total. The molecule has 2 aliphatic heterocycles. The Labute approximate surface area is 142 Å². The molecule has 0 aliphatic carbocycles. The summed E-state index contributed by atoms with van der Waals surface area (Å²) in [6, 6.07) is 11.7. The lowest BCUT2D eigenvalue weighted by molar-refractivity contribution is 0.0753. The van der Waals surface area contributed by atoms with E-state index < -0.39 is 0 Å². The number of benzene rings is 1. The van der Waals surface area contributed by atoms with Crippen LogP contribution in [0.4, 0.5) is 0 Å². The molecule has 1 amide bonds. The summed E-state index contributed by atoms with van der Waals surface area (Å²) in [5, 5.41) is 4.93.